The SMILES string of the molecule is COc1ccc(NS(=O)(=O)c2cc(NC(=O)CCSc3ccc(F)cc3)ccc2OC)cc1. The second-order valence-corrected chi connectivity index (χ2v) is 9.62. The zero-order valence-corrected chi connectivity index (χ0v) is 19.6. The van der Waals surface area contributed by atoms with Crippen molar-refractivity contribution in [1.29, 1.82) is 0 Å². The van der Waals surface area contributed by atoms with E-state index in [1.54, 1.807) is 42.5 Å². The molecule has 0 heterocycles. The third-order valence-electron chi connectivity index (χ3n) is 4.49. The number of carbonyl (C=O) groups excluding carboxylic acids is 1. The number of hydrogen-bond acceptors (Lipinski definition) is 6. The minimum absolute atomic E-state index is 0.112. The van der Waals surface area contributed by atoms with Gasteiger partial charge >= 0.3 is 0 Å². The third kappa shape index (κ3) is 6.87. The number of rotatable bonds is 10. The van der Waals surface area contributed by atoms with Crippen molar-refractivity contribution in [3.8, 4) is 11.5 Å². The highest BCUT2D eigenvalue weighted by atomic mass is 32.2. The molecule has 0 saturated carbocycles. The lowest BCUT2D eigenvalue weighted by atomic mass is 10.3. The number of benzene rings is 3. The van der Waals surface area contributed by atoms with Crippen LogP contribution < -0.4 is 19.5 Å². The van der Waals surface area contributed by atoms with E-state index in [2.05, 4.69) is 10.0 Å². The molecule has 0 unspecified atom stereocenters. The second-order valence-electron chi connectivity index (χ2n) is 6.80. The van der Waals surface area contributed by atoms with Gasteiger partial charge in [0.05, 0.1) is 14.2 Å². The van der Waals surface area contributed by atoms with E-state index in [-0.39, 0.29) is 28.8 Å². The van der Waals surface area contributed by atoms with Crippen molar-refractivity contribution in [2.75, 3.05) is 30.0 Å². The lowest BCUT2D eigenvalue weighted by Gasteiger charge is -2.14. The van der Waals surface area contributed by atoms with Crippen LogP contribution in [-0.4, -0.2) is 34.3 Å². The zero-order valence-electron chi connectivity index (χ0n) is 18.0. The highest BCUT2D eigenvalue weighted by Gasteiger charge is 2.21. The van der Waals surface area contributed by atoms with Crippen LogP contribution in [0.2, 0.25) is 0 Å². The van der Waals surface area contributed by atoms with Crippen LogP contribution in [0, 0.1) is 5.82 Å². The average molecular weight is 491 g/mol. The smallest absolute Gasteiger partial charge is 0.265 e. The van der Waals surface area contributed by atoms with Crippen LogP contribution in [0.25, 0.3) is 0 Å². The van der Waals surface area contributed by atoms with Crippen LogP contribution in [0.5, 0.6) is 11.5 Å². The molecule has 0 spiro atoms. The molecule has 0 aliphatic heterocycles. The highest BCUT2D eigenvalue weighted by molar-refractivity contribution is 7.99. The minimum Gasteiger partial charge on any atom is -0.497 e. The summed E-state index contributed by atoms with van der Waals surface area (Å²) in [6, 6.07) is 16.8. The molecule has 10 heteroatoms. The Kier molecular flexibility index (Phi) is 8.18. The summed E-state index contributed by atoms with van der Waals surface area (Å²) < 4.78 is 51.7. The number of sulfonamides is 1. The molecule has 0 fully saturated rings. The Morgan fingerprint density at radius 3 is 2.24 bits per heavy atom. The van der Waals surface area contributed by atoms with Gasteiger partial charge in [-0.2, -0.15) is 0 Å². The number of anilines is 2. The molecule has 0 aromatic heterocycles. The number of nitrogens with one attached hydrogen (secondary N) is 2. The normalized spacial score (nSPS) is 11.0. The zero-order chi connectivity index (χ0) is 23.8. The Bertz CT molecular complexity index is 1200. The largest absolute Gasteiger partial charge is 0.497 e. The molecule has 33 heavy (non-hydrogen) atoms. The lowest BCUT2D eigenvalue weighted by molar-refractivity contribution is -0.115. The quantitative estimate of drug-likeness (QED) is 0.398. The molecule has 174 valence electrons. The fourth-order valence-corrected chi connectivity index (χ4v) is 4.96. The molecule has 3 aromatic rings. The fourth-order valence-electron chi connectivity index (χ4n) is 2.85. The van der Waals surface area contributed by atoms with Gasteiger partial charge in [0, 0.05) is 28.4 Å². The van der Waals surface area contributed by atoms with Gasteiger partial charge in [0.2, 0.25) is 5.91 Å². The van der Waals surface area contributed by atoms with E-state index in [1.807, 2.05) is 0 Å². The molecular weight excluding hydrogens is 467 g/mol. The summed E-state index contributed by atoms with van der Waals surface area (Å²) >= 11 is 1.42. The molecule has 0 saturated heterocycles. The topological polar surface area (TPSA) is 93.7 Å². The lowest BCUT2D eigenvalue weighted by Crippen LogP contribution is -2.16. The molecule has 0 aliphatic rings. The Morgan fingerprint density at radius 1 is 0.939 bits per heavy atom. The Hall–Kier alpha value is -3.24. The van der Waals surface area contributed by atoms with E-state index in [4.69, 9.17) is 9.47 Å². The van der Waals surface area contributed by atoms with E-state index in [1.165, 1.54) is 50.2 Å². The van der Waals surface area contributed by atoms with E-state index in [9.17, 15) is 17.6 Å². The first-order chi connectivity index (χ1) is 15.8. The first-order valence-corrected chi connectivity index (χ1v) is 12.3. The first kappa shape index (κ1) is 24.4. The van der Waals surface area contributed by atoms with Crippen LogP contribution in [0.3, 0.4) is 0 Å². The number of ether oxygens (including phenoxy) is 2. The number of thioether (sulfide) groups is 1. The third-order valence-corrected chi connectivity index (χ3v) is 6.91. The molecule has 3 rings (SSSR count). The Balaban J connectivity index is 1.67. The van der Waals surface area contributed by atoms with Crippen molar-refractivity contribution in [1.82, 2.24) is 0 Å². The van der Waals surface area contributed by atoms with Crippen molar-refractivity contribution >= 4 is 39.1 Å². The maximum atomic E-state index is 13.0. The Labute approximate surface area is 196 Å². The number of halogens is 1. The molecule has 3 aromatic carbocycles. The average Bonchev–Trinajstić information content (AvgIpc) is 2.80. The second kappa shape index (κ2) is 11.1. The predicted molar refractivity (Wildman–Crippen MR) is 127 cm³/mol. The summed E-state index contributed by atoms with van der Waals surface area (Å²) in [5, 5.41) is 2.70. The molecule has 1 amide bonds. The predicted octanol–water partition coefficient (Wildman–Crippen LogP) is 4.76. The maximum absolute atomic E-state index is 13.0. The van der Waals surface area contributed by atoms with Gasteiger partial charge in [0.25, 0.3) is 10.0 Å². The first-order valence-electron chi connectivity index (χ1n) is 9.84. The van der Waals surface area contributed by atoms with Crippen molar-refractivity contribution in [3.63, 3.8) is 0 Å². The summed E-state index contributed by atoms with van der Waals surface area (Å²) in [5.41, 5.74) is 0.674. The molecule has 7 nitrogen and oxygen atoms in total. The summed E-state index contributed by atoms with van der Waals surface area (Å²) in [6.07, 6.45) is 0.195. The van der Waals surface area contributed by atoms with Crippen molar-refractivity contribution in [3.05, 3.63) is 72.5 Å². The maximum Gasteiger partial charge on any atom is 0.265 e. The van der Waals surface area contributed by atoms with Crippen LogP contribution in [0.15, 0.2) is 76.5 Å². The standard InChI is InChI=1S/C23H23FN2O5S2/c1-30-19-8-5-17(6-9-19)26-33(28,29)22-15-18(7-12-21(22)31-2)25-23(27)13-14-32-20-10-3-16(24)4-11-20/h3-12,15,26H,13-14H2,1-2H3,(H,25,27). The van der Waals surface area contributed by atoms with Crippen LogP contribution in [-0.2, 0) is 14.8 Å². The molecular formula is C23H23FN2O5S2. The van der Waals surface area contributed by atoms with Crippen LogP contribution in [0.1, 0.15) is 6.42 Å². The molecule has 0 aliphatic carbocycles. The summed E-state index contributed by atoms with van der Waals surface area (Å²) in [5.74, 6) is 0.626. The number of methoxy groups -OCH3 is 2. The van der Waals surface area contributed by atoms with Crippen molar-refractivity contribution in [2.45, 2.75) is 16.2 Å². The van der Waals surface area contributed by atoms with Crippen molar-refractivity contribution in [2.24, 2.45) is 0 Å². The van der Waals surface area contributed by atoms with E-state index in [0.29, 0.717) is 22.9 Å². The van der Waals surface area contributed by atoms with Gasteiger partial charge < -0.3 is 14.8 Å². The molecule has 2 N–H and O–H groups in total. The van der Waals surface area contributed by atoms with Gasteiger partial charge in [-0.3, -0.25) is 9.52 Å². The van der Waals surface area contributed by atoms with Gasteiger partial charge in [-0.1, -0.05) is 0 Å². The molecule has 0 atom stereocenters. The minimum atomic E-state index is -3.99. The Morgan fingerprint density at radius 2 is 1.61 bits per heavy atom. The molecule has 0 bridgehead atoms. The highest BCUT2D eigenvalue weighted by Crippen LogP contribution is 2.29. The number of carbonyl (C=O) groups is 1. The van der Waals surface area contributed by atoms with Gasteiger partial charge in [0.15, 0.2) is 0 Å². The van der Waals surface area contributed by atoms with Gasteiger partial charge in [0.1, 0.15) is 22.2 Å². The number of hydrogen-bond donors (Lipinski definition) is 2. The monoisotopic (exact) mass is 490 g/mol. The van der Waals surface area contributed by atoms with Gasteiger partial charge in [-0.25, -0.2) is 12.8 Å². The van der Waals surface area contributed by atoms with E-state index in [0.717, 1.165) is 4.90 Å². The summed E-state index contributed by atoms with van der Waals surface area (Å²) in [4.78, 5) is 13.1. The van der Waals surface area contributed by atoms with E-state index < -0.39 is 10.0 Å². The summed E-state index contributed by atoms with van der Waals surface area (Å²) in [7, 11) is -1.11. The van der Waals surface area contributed by atoms with Crippen molar-refractivity contribution < 1.29 is 27.1 Å². The van der Waals surface area contributed by atoms with E-state index >= 15 is 0 Å². The number of amides is 1. The fraction of sp³-hybridized carbons (Fsp3) is 0.174. The van der Waals surface area contributed by atoms with Gasteiger partial charge in [-0.15, -0.1) is 11.8 Å². The summed E-state index contributed by atoms with van der Waals surface area (Å²) in [6.45, 7) is 0. The van der Waals surface area contributed by atoms with Crippen LogP contribution >= 0.6 is 11.8 Å². The van der Waals surface area contributed by atoms with Gasteiger partial charge in [-0.05, 0) is 66.7 Å². The van der Waals surface area contributed by atoms with Crippen LogP contribution in [0.4, 0.5) is 15.8 Å². The molecule has 0 radical (unpaired) electrons.